The van der Waals surface area contributed by atoms with Crippen LogP contribution in [0.4, 0.5) is 5.82 Å². The van der Waals surface area contributed by atoms with Crippen LogP contribution in [0.25, 0.3) is 0 Å². The zero-order valence-electron chi connectivity index (χ0n) is 8.65. The number of halogens is 1. The van der Waals surface area contributed by atoms with Crippen LogP contribution in [0, 0.1) is 0 Å². The van der Waals surface area contributed by atoms with Crippen molar-refractivity contribution in [3.8, 4) is 0 Å². The van der Waals surface area contributed by atoms with Crippen molar-refractivity contribution < 1.29 is 4.79 Å². The van der Waals surface area contributed by atoms with Gasteiger partial charge in [0.2, 0.25) is 5.91 Å². The smallest absolute Gasteiger partial charge is 0.238 e. The van der Waals surface area contributed by atoms with Gasteiger partial charge in [0.1, 0.15) is 5.15 Å². The lowest BCUT2D eigenvalue weighted by Gasteiger charge is -2.19. The maximum absolute atomic E-state index is 11.8. The number of carbonyl (C=O) groups excluding carboxylic acids is 1. The summed E-state index contributed by atoms with van der Waals surface area (Å²) in [5.41, 5.74) is 0. The third-order valence-corrected chi connectivity index (χ3v) is 3.89. The minimum Gasteiger partial charge on any atom is -0.308 e. The van der Waals surface area contributed by atoms with Crippen LogP contribution in [0.3, 0.4) is 0 Å². The Labute approximate surface area is 103 Å². The van der Waals surface area contributed by atoms with Gasteiger partial charge < -0.3 is 5.32 Å². The zero-order chi connectivity index (χ0) is 11.4. The third kappa shape index (κ3) is 3.09. The zero-order valence-corrected chi connectivity index (χ0v) is 10.2. The van der Waals surface area contributed by atoms with Gasteiger partial charge in [0.05, 0.1) is 17.6 Å². The number of rotatable bonds is 2. The molecule has 0 bridgehead atoms. The molecule has 2 heterocycles. The van der Waals surface area contributed by atoms with E-state index in [9.17, 15) is 4.79 Å². The summed E-state index contributed by atoms with van der Waals surface area (Å²) in [6.07, 6.45) is 6.19. The van der Waals surface area contributed by atoms with Gasteiger partial charge in [0.25, 0.3) is 0 Å². The molecule has 1 unspecified atom stereocenters. The Hall–Kier alpha value is -0.810. The van der Waals surface area contributed by atoms with Crippen LogP contribution in [-0.4, -0.2) is 26.9 Å². The summed E-state index contributed by atoms with van der Waals surface area (Å²) < 4.78 is 0. The Morgan fingerprint density at radius 2 is 2.38 bits per heavy atom. The molecule has 1 aliphatic rings. The molecule has 1 aromatic heterocycles. The second-order valence-corrected chi connectivity index (χ2v) is 5.27. The highest BCUT2D eigenvalue weighted by molar-refractivity contribution is 8.00. The molecule has 6 heteroatoms. The van der Waals surface area contributed by atoms with Crippen molar-refractivity contribution >= 4 is 35.1 Å². The van der Waals surface area contributed by atoms with E-state index in [0.717, 1.165) is 18.6 Å². The molecule has 1 atom stereocenters. The Bertz CT molecular complexity index is 382. The second-order valence-electron chi connectivity index (χ2n) is 3.57. The van der Waals surface area contributed by atoms with Crippen LogP contribution >= 0.6 is 23.4 Å². The van der Waals surface area contributed by atoms with E-state index in [1.165, 1.54) is 18.8 Å². The van der Waals surface area contributed by atoms with Crippen molar-refractivity contribution in [3.63, 3.8) is 0 Å². The number of amides is 1. The first-order chi connectivity index (χ1) is 7.75. The molecule has 1 saturated heterocycles. The third-order valence-electron chi connectivity index (χ3n) is 2.33. The molecule has 0 saturated carbocycles. The number of aromatic nitrogens is 2. The number of anilines is 1. The predicted octanol–water partition coefficient (Wildman–Crippen LogP) is 2.35. The van der Waals surface area contributed by atoms with E-state index in [0.29, 0.717) is 5.82 Å². The Morgan fingerprint density at radius 3 is 3.06 bits per heavy atom. The summed E-state index contributed by atoms with van der Waals surface area (Å²) in [4.78, 5) is 19.7. The number of hydrogen-bond donors (Lipinski definition) is 1. The molecular formula is C10H12ClN3OS. The van der Waals surface area contributed by atoms with Gasteiger partial charge >= 0.3 is 0 Å². The quantitative estimate of drug-likeness (QED) is 0.884. The first kappa shape index (κ1) is 11.7. The van der Waals surface area contributed by atoms with Crippen LogP contribution in [-0.2, 0) is 4.79 Å². The van der Waals surface area contributed by atoms with E-state index in [2.05, 4.69) is 15.3 Å². The molecule has 1 aliphatic heterocycles. The lowest BCUT2D eigenvalue weighted by Crippen LogP contribution is -2.27. The molecule has 0 radical (unpaired) electrons. The largest absolute Gasteiger partial charge is 0.308 e. The maximum atomic E-state index is 11.8. The van der Waals surface area contributed by atoms with E-state index in [4.69, 9.17) is 11.6 Å². The number of hydrogen-bond acceptors (Lipinski definition) is 4. The molecule has 1 amide bonds. The molecule has 0 spiro atoms. The molecular weight excluding hydrogens is 246 g/mol. The van der Waals surface area contributed by atoms with Crippen molar-refractivity contribution in [1.29, 1.82) is 0 Å². The van der Waals surface area contributed by atoms with E-state index in [1.54, 1.807) is 11.8 Å². The van der Waals surface area contributed by atoms with Gasteiger partial charge in [-0.05, 0) is 18.6 Å². The lowest BCUT2D eigenvalue weighted by molar-refractivity contribution is -0.115. The number of thioether (sulfide) groups is 1. The molecule has 1 N–H and O–H groups in total. The number of carbonyl (C=O) groups is 1. The summed E-state index contributed by atoms with van der Waals surface area (Å²) in [6.45, 7) is 0. The SMILES string of the molecule is O=C(Nc1cncc(Cl)n1)C1CCCCS1. The summed E-state index contributed by atoms with van der Waals surface area (Å²) in [6, 6.07) is 0. The molecule has 16 heavy (non-hydrogen) atoms. The van der Waals surface area contributed by atoms with Crippen LogP contribution in [0.15, 0.2) is 12.4 Å². The Morgan fingerprint density at radius 1 is 1.50 bits per heavy atom. The summed E-state index contributed by atoms with van der Waals surface area (Å²) >= 11 is 7.39. The van der Waals surface area contributed by atoms with Gasteiger partial charge in [-0.25, -0.2) is 4.98 Å². The average molecular weight is 258 g/mol. The first-order valence-corrected chi connectivity index (χ1v) is 6.58. The lowest BCUT2D eigenvalue weighted by atomic mass is 10.2. The van der Waals surface area contributed by atoms with Gasteiger partial charge in [-0.3, -0.25) is 9.78 Å². The Kier molecular flexibility index (Phi) is 4.01. The summed E-state index contributed by atoms with van der Waals surface area (Å²) in [7, 11) is 0. The number of nitrogens with one attached hydrogen (secondary N) is 1. The van der Waals surface area contributed by atoms with Crippen molar-refractivity contribution in [2.75, 3.05) is 11.1 Å². The van der Waals surface area contributed by atoms with Crippen LogP contribution in [0.2, 0.25) is 5.15 Å². The van der Waals surface area contributed by atoms with Gasteiger partial charge in [0.15, 0.2) is 5.82 Å². The predicted molar refractivity (Wildman–Crippen MR) is 65.8 cm³/mol. The first-order valence-electron chi connectivity index (χ1n) is 5.16. The molecule has 0 aliphatic carbocycles. The monoisotopic (exact) mass is 257 g/mol. The van der Waals surface area contributed by atoms with Crippen LogP contribution in [0.1, 0.15) is 19.3 Å². The van der Waals surface area contributed by atoms with E-state index in [1.807, 2.05) is 0 Å². The molecule has 4 nitrogen and oxygen atoms in total. The van der Waals surface area contributed by atoms with Crippen molar-refractivity contribution in [1.82, 2.24) is 9.97 Å². The Balaban J connectivity index is 1.96. The highest BCUT2D eigenvalue weighted by Gasteiger charge is 2.21. The molecule has 1 aromatic rings. The molecule has 0 aromatic carbocycles. The highest BCUT2D eigenvalue weighted by Crippen LogP contribution is 2.25. The summed E-state index contributed by atoms with van der Waals surface area (Å²) in [5, 5.41) is 3.06. The maximum Gasteiger partial charge on any atom is 0.238 e. The number of nitrogens with zero attached hydrogens (tertiary/aromatic N) is 2. The van der Waals surface area contributed by atoms with Gasteiger partial charge in [-0.2, -0.15) is 0 Å². The fourth-order valence-electron chi connectivity index (χ4n) is 1.56. The molecule has 2 rings (SSSR count). The fraction of sp³-hybridized carbons (Fsp3) is 0.500. The second kappa shape index (κ2) is 5.50. The highest BCUT2D eigenvalue weighted by atomic mass is 35.5. The average Bonchev–Trinajstić information content (AvgIpc) is 2.30. The van der Waals surface area contributed by atoms with Gasteiger partial charge in [-0.1, -0.05) is 18.0 Å². The minimum absolute atomic E-state index is 0.00117. The topological polar surface area (TPSA) is 54.9 Å². The molecule has 86 valence electrons. The van der Waals surface area contributed by atoms with E-state index < -0.39 is 0 Å². The normalized spacial score (nSPS) is 20.4. The fourth-order valence-corrected chi connectivity index (χ4v) is 2.90. The van der Waals surface area contributed by atoms with E-state index in [-0.39, 0.29) is 16.3 Å². The van der Waals surface area contributed by atoms with E-state index >= 15 is 0 Å². The van der Waals surface area contributed by atoms with Gasteiger partial charge in [0, 0.05) is 0 Å². The van der Waals surface area contributed by atoms with Gasteiger partial charge in [-0.15, -0.1) is 11.8 Å². The van der Waals surface area contributed by atoms with Crippen molar-refractivity contribution in [2.24, 2.45) is 0 Å². The summed E-state index contributed by atoms with van der Waals surface area (Å²) in [5.74, 6) is 1.48. The minimum atomic E-state index is 0.00117. The molecule has 1 fully saturated rings. The van der Waals surface area contributed by atoms with Crippen LogP contribution in [0.5, 0.6) is 0 Å². The van der Waals surface area contributed by atoms with Crippen LogP contribution < -0.4 is 5.32 Å². The van der Waals surface area contributed by atoms with Crippen molar-refractivity contribution in [3.05, 3.63) is 17.5 Å². The standard InChI is InChI=1S/C10H12ClN3OS/c11-8-5-12-6-9(13-8)14-10(15)7-3-1-2-4-16-7/h5-7H,1-4H2,(H,13,14,15). The van der Waals surface area contributed by atoms with Crippen molar-refractivity contribution in [2.45, 2.75) is 24.5 Å².